The molecule has 4 nitrogen and oxygen atoms in total. The van der Waals surface area contributed by atoms with Crippen LogP contribution in [0.1, 0.15) is 23.1 Å². The van der Waals surface area contributed by atoms with Crippen LogP contribution in [0.5, 0.6) is 5.75 Å². The van der Waals surface area contributed by atoms with Crippen LogP contribution in [0.4, 0.5) is 0 Å². The maximum atomic E-state index is 12.2. The number of nitrogens with zero attached hydrogens (tertiary/aromatic N) is 1. The van der Waals surface area contributed by atoms with Crippen molar-refractivity contribution in [1.82, 2.24) is 5.32 Å². The Morgan fingerprint density at radius 2 is 2.00 bits per heavy atom. The van der Waals surface area contributed by atoms with E-state index in [1.54, 1.807) is 31.4 Å². The number of halogens is 1. The van der Waals surface area contributed by atoms with E-state index >= 15 is 0 Å². The van der Waals surface area contributed by atoms with Crippen molar-refractivity contribution in [3.05, 3.63) is 69.9 Å². The van der Waals surface area contributed by atoms with Crippen LogP contribution in [-0.2, 0) is 11.2 Å². The summed E-state index contributed by atoms with van der Waals surface area (Å²) in [6, 6.07) is 13.5. The first-order chi connectivity index (χ1) is 12.1. The molecule has 0 fully saturated rings. The minimum absolute atomic E-state index is 0.207. The normalized spacial score (nSPS) is 15.2. The van der Waals surface area contributed by atoms with Gasteiger partial charge in [0.1, 0.15) is 17.3 Å². The standard InChI is InChI=1S/C20H19ClN2O2/c1-13-5-3-4-6-14(13)7-10-19-22-17(20(24)23-19)12-15-11-16(21)8-9-18(15)25-2/h3-6,8-9,11-12H,7,10H2,1-2H3,(H,22,23,24)/b17-12+. The van der Waals surface area contributed by atoms with Gasteiger partial charge in [-0.1, -0.05) is 35.9 Å². The van der Waals surface area contributed by atoms with Crippen LogP contribution < -0.4 is 10.1 Å². The number of amidine groups is 1. The average Bonchev–Trinajstić information content (AvgIpc) is 2.94. The quantitative estimate of drug-likeness (QED) is 0.820. The van der Waals surface area contributed by atoms with E-state index in [4.69, 9.17) is 16.3 Å². The fourth-order valence-corrected chi connectivity index (χ4v) is 2.92. The first-order valence-corrected chi connectivity index (χ1v) is 8.43. The zero-order chi connectivity index (χ0) is 17.8. The molecule has 5 heteroatoms. The van der Waals surface area contributed by atoms with Gasteiger partial charge in [0.2, 0.25) is 0 Å². The topological polar surface area (TPSA) is 50.7 Å². The number of amides is 1. The average molecular weight is 355 g/mol. The van der Waals surface area contributed by atoms with Gasteiger partial charge in [0.25, 0.3) is 5.91 Å². The molecule has 2 aromatic rings. The molecule has 2 aromatic carbocycles. The van der Waals surface area contributed by atoms with Gasteiger partial charge < -0.3 is 10.1 Å². The third-order valence-corrected chi connectivity index (χ3v) is 4.36. The maximum Gasteiger partial charge on any atom is 0.275 e. The van der Waals surface area contributed by atoms with Gasteiger partial charge in [0.15, 0.2) is 0 Å². The lowest BCUT2D eigenvalue weighted by Crippen LogP contribution is -2.24. The molecule has 0 aliphatic carbocycles. The molecule has 0 saturated heterocycles. The Morgan fingerprint density at radius 1 is 1.20 bits per heavy atom. The van der Waals surface area contributed by atoms with Gasteiger partial charge in [-0.2, -0.15) is 0 Å². The van der Waals surface area contributed by atoms with Crippen LogP contribution in [0.2, 0.25) is 5.02 Å². The van der Waals surface area contributed by atoms with Gasteiger partial charge in [-0.15, -0.1) is 0 Å². The second kappa shape index (κ2) is 7.53. The Hall–Kier alpha value is -2.59. The summed E-state index contributed by atoms with van der Waals surface area (Å²) in [4.78, 5) is 16.6. The molecule has 1 aliphatic rings. The molecule has 1 N–H and O–H groups in total. The Balaban J connectivity index is 1.78. The number of aryl methyl sites for hydroxylation is 2. The summed E-state index contributed by atoms with van der Waals surface area (Å²) in [6.07, 6.45) is 3.21. The number of rotatable bonds is 5. The Labute approximate surface area is 152 Å². The van der Waals surface area contributed by atoms with Gasteiger partial charge in [0.05, 0.1) is 7.11 Å². The monoisotopic (exact) mass is 354 g/mol. The molecule has 1 amide bonds. The fourth-order valence-electron chi connectivity index (χ4n) is 2.74. The number of carbonyl (C=O) groups excluding carboxylic acids is 1. The summed E-state index contributed by atoms with van der Waals surface area (Å²) in [5.41, 5.74) is 3.59. The molecule has 0 unspecified atom stereocenters. The molecule has 25 heavy (non-hydrogen) atoms. The van der Waals surface area contributed by atoms with Gasteiger partial charge in [-0.25, -0.2) is 4.99 Å². The molecular weight excluding hydrogens is 336 g/mol. The van der Waals surface area contributed by atoms with Gasteiger partial charge >= 0.3 is 0 Å². The van der Waals surface area contributed by atoms with Crippen LogP contribution in [0.3, 0.4) is 0 Å². The molecule has 0 saturated carbocycles. The number of hydrogen-bond donors (Lipinski definition) is 1. The van der Waals surface area contributed by atoms with Crippen molar-refractivity contribution in [3.8, 4) is 5.75 Å². The SMILES string of the molecule is COc1ccc(Cl)cc1/C=C1/N=C(CCc2ccccc2C)NC1=O. The van der Waals surface area contributed by atoms with E-state index in [1.807, 2.05) is 12.1 Å². The highest BCUT2D eigenvalue weighted by molar-refractivity contribution is 6.30. The van der Waals surface area contributed by atoms with Crippen molar-refractivity contribution in [3.63, 3.8) is 0 Å². The minimum atomic E-state index is -0.207. The van der Waals surface area contributed by atoms with E-state index in [2.05, 4.69) is 29.4 Å². The number of hydrogen-bond acceptors (Lipinski definition) is 3. The minimum Gasteiger partial charge on any atom is -0.496 e. The highest BCUT2D eigenvalue weighted by Gasteiger charge is 2.20. The van der Waals surface area contributed by atoms with Crippen molar-refractivity contribution in [2.24, 2.45) is 4.99 Å². The second-order valence-corrected chi connectivity index (χ2v) is 6.29. The van der Waals surface area contributed by atoms with Crippen LogP contribution in [-0.4, -0.2) is 18.9 Å². The number of benzene rings is 2. The smallest absolute Gasteiger partial charge is 0.275 e. The maximum absolute atomic E-state index is 12.2. The molecular formula is C20H19ClN2O2. The molecule has 0 spiro atoms. The highest BCUT2D eigenvalue weighted by Crippen LogP contribution is 2.26. The van der Waals surface area contributed by atoms with Crippen molar-refractivity contribution in [2.75, 3.05) is 7.11 Å². The number of aliphatic imine (C=N–C) groups is 1. The fraction of sp³-hybridized carbons (Fsp3) is 0.200. The summed E-state index contributed by atoms with van der Waals surface area (Å²) in [5, 5.41) is 3.41. The first kappa shape index (κ1) is 17.2. The molecule has 0 bridgehead atoms. The third kappa shape index (κ3) is 4.09. The summed E-state index contributed by atoms with van der Waals surface area (Å²) < 4.78 is 5.31. The summed E-state index contributed by atoms with van der Waals surface area (Å²) in [6.45, 7) is 2.08. The summed E-state index contributed by atoms with van der Waals surface area (Å²) in [5.74, 6) is 1.12. The van der Waals surface area contributed by atoms with Crippen molar-refractivity contribution in [2.45, 2.75) is 19.8 Å². The van der Waals surface area contributed by atoms with E-state index < -0.39 is 0 Å². The van der Waals surface area contributed by atoms with E-state index in [1.165, 1.54) is 11.1 Å². The van der Waals surface area contributed by atoms with E-state index in [0.717, 1.165) is 12.0 Å². The van der Waals surface area contributed by atoms with Gasteiger partial charge in [-0.3, -0.25) is 4.79 Å². The van der Waals surface area contributed by atoms with E-state index in [0.29, 0.717) is 28.7 Å². The summed E-state index contributed by atoms with van der Waals surface area (Å²) >= 11 is 6.04. The van der Waals surface area contributed by atoms with Gasteiger partial charge in [-0.05, 0) is 48.7 Å². The lowest BCUT2D eigenvalue weighted by molar-refractivity contribution is -0.115. The Kier molecular flexibility index (Phi) is 5.19. The number of carbonyl (C=O) groups is 1. The number of nitrogens with one attached hydrogen (secondary N) is 1. The third-order valence-electron chi connectivity index (χ3n) is 4.12. The molecule has 0 atom stereocenters. The van der Waals surface area contributed by atoms with E-state index in [-0.39, 0.29) is 5.91 Å². The van der Waals surface area contributed by atoms with Gasteiger partial charge in [0, 0.05) is 17.0 Å². The summed E-state index contributed by atoms with van der Waals surface area (Å²) in [7, 11) is 1.58. The molecule has 0 radical (unpaired) electrons. The zero-order valence-electron chi connectivity index (χ0n) is 14.2. The predicted molar refractivity (Wildman–Crippen MR) is 101 cm³/mol. The van der Waals surface area contributed by atoms with E-state index in [9.17, 15) is 4.79 Å². The Morgan fingerprint density at radius 3 is 2.76 bits per heavy atom. The van der Waals surface area contributed by atoms with Crippen LogP contribution in [0.15, 0.2) is 53.2 Å². The number of methoxy groups -OCH3 is 1. The van der Waals surface area contributed by atoms with Crippen LogP contribution >= 0.6 is 11.6 Å². The van der Waals surface area contributed by atoms with Crippen molar-refractivity contribution < 1.29 is 9.53 Å². The predicted octanol–water partition coefficient (Wildman–Crippen LogP) is 4.16. The van der Waals surface area contributed by atoms with Crippen LogP contribution in [0.25, 0.3) is 6.08 Å². The second-order valence-electron chi connectivity index (χ2n) is 5.85. The molecule has 1 aliphatic heterocycles. The zero-order valence-corrected chi connectivity index (χ0v) is 14.9. The molecule has 128 valence electrons. The van der Waals surface area contributed by atoms with Crippen LogP contribution in [0, 0.1) is 6.92 Å². The lowest BCUT2D eigenvalue weighted by atomic mass is 10.0. The highest BCUT2D eigenvalue weighted by atomic mass is 35.5. The van der Waals surface area contributed by atoms with Crippen molar-refractivity contribution >= 4 is 29.4 Å². The molecule has 3 rings (SSSR count). The lowest BCUT2D eigenvalue weighted by Gasteiger charge is -2.05. The largest absolute Gasteiger partial charge is 0.496 e. The van der Waals surface area contributed by atoms with Crippen molar-refractivity contribution in [1.29, 1.82) is 0 Å². The molecule has 1 heterocycles. The Bertz CT molecular complexity index is 872. The number of ether oxygens (including phenoxy) is 1. The first-order valence-electron chi connectivity index (χ1n) is 8.05. The molecule has 0 aromatic heterocycles.